The molecule has 4 rings (SSSR count). The van der Waals surface area contributed by atoms with Gasteiger partial charge in [0.1, 0.15) is 0 Å². The number of aliphatic imine (C=N–C) groups is 1. The van der Waals surface area contributed by atoms with Crippen LogP contribution < -0.4 is 21.2 Å². The van der Waals surface area contributed by atoms with Gasteiger partial charge in [-0.2, -0.15) is 10.1 Å². The fourth-order valence-corrected chi connectivity index (χ4v) is 4.23. The van der Waals surface area contributed by atoms with Gasteiger partial charge in [-0.15, -0.1) is 0 Å². The van der Waals surface area contributed by atoms with Gasteiger partial charge in [0.2, 0.25) is 10.0 Å². The molecule has 0 saturated carbocycles. The number of para-hydroxylation sites is 2. The summed E-state index contributed by atoms with van der Waals surface area (Å²) in [7, 11) is -3.88. The molecule has 3 aromatic carbocycles. The maximum Gasteiger partial charge on any atom is 0.282 e. The van der Waals surface area contributed by atoms with E-state index in [0.717, 1.165) is 34.8 Å². The molecule has 0 spiro atoms. The van der Waals surface area contributed by atoms with E-state index < -0.39 is 15.9 Å². The largest absolute Gasteiger partial charge is 0.399 e. The highest BCUT2D eigenvalue weighted by molar-refractivity contribution is 7.89. The first-order valence-corrected chi connectivity index (χ1v) is 13.6. The van der Waals surface area contributed by atoms with Crippen LogP contribution in [0.25, 0.3) is 0 Å². The first-order valence-electron chi connectivity index (χ1n) is 12.1. The van der Waals surface area contributed by atoms with Crippen LogP contribution in [0, 0.1) is 0 Å². The molecule has 0 aliphatic carbocycles. The fourth-order valence-electron chi connectivity index (χ4n) is 3.68. The van der Waals surface area contributed by atoms with Crippen LogP contribution in [0.3, 0.4) is 0 Å². The molecule has 3 aromatic rings. The average Bonchev–Trinajstić information content (AvgIpc) is 3.20. The summed E-state index contributed by atoms with van der Waals surface area (Å²) in [5.41, 5.74) is 11.0. The van der Waals surface area contributed by atoms with Crippen molar-refractivity contribution in [2.45, 2.75) is 38.5 Å². The first-order chi connectivity index (χ1) is 18.2. The molecule has 9 nitrogen and oxygen atoms in total. The van der Waals surface area contributed by atoms with Crippen molar-refractivity contribution in [1.82, 2.24) is 0 Å². The number of rotatable bonds is 7. The molecule has 0 bridgehead atoms. The number of carbonyl (C=O) groups excluding carboxylic acids is 1. The molecule has 0 atom stereocenters. The van der Waals surface area contributed by atoms with Crippen LogP contribution >= 0.6 is 0 Å². The summed E-state index contributed by atoms with van der Waals surface area (Å²) in [6.07, 6.45) is 4.83. The summed E-state index contributed by atoms with van der Waals surface area (Å²) in [6.45, 7) is 5.85. The van der Waals surface area contributed by atoms with E-state index in [1.807, 2.05) is 42.5 Å². The minimum atomic E-state index is -3.88. The number of sulfonamides is 1. The van der Waals surface area contributed by atoms with E-state index in [9.17, 15) is 13.2 Å². The van der Waals surface area contributed by atoms with Crippen LogP contribution in [-0.4, -0.2) is 26.4 Å². The van der Waals surface area contributed by atoms with Crippen LogP contribution in [0.5, 0.6) is 0 Å². The molecule has 0 fully saturated rings. The third-order valence-corrected chi connectivity index (χ3v) is 6.70. The van der Waals surface area contributed by atoms with Gasteiger partial charge in [-0.05, 0) is 61.2 Å². The highest BCUT2D eigenvalue weighted by atomic mass is 32.2. The standard InChI is InChI=1S/C20H21N5O3S.C8H11N/c1-3-15-7-4-5-10-19(15)23-13-22-12-18-14(2)24-25(20(18)26)16-8-6-9-17(11-16)29(21,27)28;1-2-7-5-3-4-6-8(7)9/h4-13H,3H2,1-2H3,(H,22,23)(H2,21,27,28);3-6H,2,9H2,1H3. The van der Waals surface area contributed by atoms with Gasteiger partial charge in [0.15, 0.2) is 0 Å². The maximum absolute atomic E-state index is 12.7. The smallest absolute Gasteiger partial charge is 0.282 e. The molecule has 0 aromatic heterocycles. The third kappa shape index (κ3) is 7.15. The summed E-state index contributed by atoms with van der Waals surface area (Å²) < 4.78 is 23.1. The Kier molecular flexibility index (Phi) is 9.53. The number of benzene rings is 3. The summed E-state index contributed by atoms with van der Waals surface area (Å²) in [4.78, 5) is 16.8. The van der Waals surface area contributed by atoms with E-state index >= 15 is 0 Å². The Morgan fingerprint density at radius 2 is 1.63 bits per heavy atom. The van der Waals surface area contributed by atoms with Crippen molar-refractivity contribution in [2.75, 3.05) is 16.1 Å². The van der Waals surface area contributed by atoms with Crippen molar-refractivity contribution >= 4 is 45.0 Å². The van der Waals surface area contributed by atoms with Crippen molar-refractivity contribution in [3.63, 3.8) is 0 Å². The summed E-state index contributed by atoms with van der Waals surface area (Å²) in [5.74, 6) is -0.403. The Balaban J connectivity index is 0.000000375. The van der Waals surface area contributed by atoms with E-state index in [-0.39, 0.29) is 4.90 Å². The van der Waals surface area contributed by atoms with Crippen molar-refractivity contribution in [3.05, 3.63) is 95.7 Å². The lowest BCUT2D eigenvalue weighted by Gasteiger charge is -2.12. The number of primary sulfonamides is 1. The van der Waals surface area contributed by atoms with Crippen molar-refractivity contribution in [1.29, 1.82) is 0 Å². The molecule has 10 heteroatoms. The van der Waals surface area contributed by atoms with E-state index in [1.54, 1.807) is 13.0 Å². The number of nitrogens with zero attached hydrogens (tertiary/aromatic N) is 3. The number of hydrogen-bond acceptors (Lipinski definition) is 6. The number of aryl methyl sites for hydroxylation is 2. The highest BCUT2D eigenvalue weighted by Crippen LogP contribution is 2.25. The summed E-state index contributed by atoms with van der Waals surface area (Å²) in [5, 5.41) is 13.6. The Morgan fingerprint density at radius 1 is 0.974 bits per heavy atom. The number of nitrogens with one attached hydrogen (secondary N) is 1. The average molecular weight is 533 g/mol. The molecule has 5 N–H and O–H groups in total. The lowest BCUT2D eigenvalue weighted by atomic mass is 10.1. The predicted molar refractivity (Wildman–Crippen MR) is 155 cm³/mol. The van der Waals surface area contributed by atoms with Crippen molar-refractivity contribution < 1.29 is 13.2 Å². The van der Waals surface area contributed by atoms with Crippen LogP contribution in [0.15, 0.2) is 99.6 Å². The minimum Gasteiger partial charge on any atom is -0.399 e. The molecule has 1 amide bonds. The second-order valence-electron chi connectivity index (χ2n) is 8.37. The molecular formula is C28H32N6O3S. The number of hydrogen-bond donors (Lipinski definition) is 3. The fraction of sp³-hybridized carbons (Fsp3) is 0.179. The molecule has 0 radical (unpaired) electrons. The van der Waals surface area contributed by atoms with Gasteiger partial charge in [0.25, 0.3) is 5.91 Å². The predicted octanol–water partition coefficient (Wildman–Crippen LogP) is 4.47. The van der Waals surface area contributed by atoms with Gasteiger partial charge in [-0.25, -0.2) is 18.5 Å². The van der Waals surface area contributed by atoms with Gasteiger partial charge in [0.05, 0.1) is 28.2 Å². The molecule has 1 heterocycles. The Morgan fingerprint density at radius 3 is 2.26 bits per heavy atom. The molecule has 0 saturated heterocycles. The molecule has 1 aliphatic heterocycles. The van der Waals surface area contributed by atoms with Crippen molar-refractivity contribution in [3.8, 4) is 0 Å². The Bertz CT molecular complexity index is 1500. The summed E-state index contributed by atoms with van der Waals surface area (Å²) in [6, 6.07) is 21.6. The van der Waals surface area contributed by atoms with Gasteiger partial charge in [0, 0.05) is 17.6 Å². The lowest BCUT2D eigenvalue weighted by molar-refractivity contribution is -0.114. The number of amides is 1. The van der Waals surface area contributed by atoms with E-state index in [1.165, 1.54) is 36.3 Å². The zero-order chi connectivity index (χ0) is 27.7. The first kappa shape index (κ1) is 28.3. The number of nitrogens with two attached hydrogens (primary N) is 2. The minimum absolute atomic E-state index is 0.0927. The second-order valence-corrected chi connectivity index (χ2v) is 9.93. The Hall–Kier alpha value is -4.28. The molecular weight excluding hydrogens is 500 g/mol. The molecule has 38 heavy (non-hydrogen) atoms. The van der Waals surface area contributed by atoms with E-state index in [0.29, 0.717) is 17.0 Å². The normalized spacial score (nSPS) is 14.4. The van der Waals surface area contributed by atoms with Crippen molar-refractivity contribution in [2.24, 2.45) is 15.2 Å². The summed E-state index contributed by atoms with van der Waals surface area (Å²) >= 11 is 0. The highest BCUT2D eigenvalue weighted by Gasteiger charge is 2.29. The zero-order valence-electron chi connectivity index (χ0n) is 21.6. The second kappa shape index (κ2) is 12.8. The van der Waals surface area contributed by atoms with E-state index in [2.05, 4.69) is 35.3 Å². The van der Waals surface area contributed by atoms with E-state index in [4.69, 9.17) is 10.9 Å². The third-order valence-electron chi connectivity index (χ3n) is 5.79. The zero-order valence-corrected chi connectivity index (χ0v) is 22.4. The number of carbonyl (C=O) groups is 1. The van der Waals surface area contributed by atoms with Gasteiger partial charge >= 0.3 is 0 Å². The lowest BCUT2D eigenvalue weighted by Crippen LogP contribution is -2.22. The quantitative estimate of drug-likeness (QED) is 0.178. The Labute approximate surface area is 223 Å². The topological polar surface area (TPSA) is 143 Å². The molecule has 1 aliphatic rings. The van der Waals surface area contributed by atoms with Crippen LogP contribution in [0.1, 0.15) is 31.9 Å². The monoisotopic (exact) mass is 532 g/mol. The number of hydrazone groups is 1. The van der Waals surface area contributed by atoms with Gasteiger partial charge < -0.3 is 11.1 Å². The van der Waals surface area contributed by atoms with Crippen LogP contribution in [0.2, 0.25) is 0 Å². The molecule has 198 valence electrons. The van der Waals surface area contributed by atoms with Gasteiger partial charge in [-0.3, -0.25) is 4.79 Å². The van der Waals surface area contributed by atoms with Gasteiger partial charge in [-0.1, -0.05) is 56.3 Å². The number of anilines is 3. The van der Waals surface area contributed by atoms with Crippen LogP contribution in [0.4, 0.5) is 17.1 Å². The SMILES string of the molecule is CCc1ccccc1N.CCc1ccccc1NC=NC=C1C(=O)N(c2cccc(S(N)(=O)=O)c2)N=C1C. The maximum atomic E-state index is 12.7. The van der Waals surface area contributed by atoms with Crippen LogP contribution in [-0.2, 0) is 27.7 Å². The molecule has 0 unspecified atom stereocenters. The number of nitrogen functional groups attached to an aromatic ring is 1.